The van der Waals surface area contributed by atoms with Crippen LogP contribution in [0.25, 0.3) is 32.9 Å². The number of aryl methyl sites for hydroxylation is 1. The van der Waals surface area contributed by atoms with Gasteiger partial charge in [0.25, 0.3) is 11.8 Å². The average molecular weight is 1240 g/mol. The number of fused-ring (bicyclic) bond motifs is 4. The number of aromatic amines is 1. The van der Waals surface area contributed by atoms with E-state index in [9.17, 15) is 42.3 Å². The molecule has 6 aromatic rings. The van der Waals surface area contributed by atoms with Gasteiger partial charge in [0.2, 0.25) is 30.0 Å². The molecule has 6 fully saturated rings. The molecule has 2 aromatic carbocycles. The molecule has 4 saturated heterocycles. The second-order valence-electron chi connectivity index (χ2n) is 26.5. The maximum absolute atomic E-state index is 15.6. The maximum atomic E-state index is 15.6. The number of benzene rings is 2. The highest BCUT2D eigenvalue weighted by Gasteiger charge is 2.78. The second-order valence-corrected chi connectivity index (χ2v) is 26.5. The molecule has 90 heavy (non-hydrogen) atoms. The molecule has 2 atom stereocenters. The zero-order chi connectivity index (χ0) is 63.4. The number of carbonyl (C=O) groups is 7. The number of likely N-dealkylation sites (N-methyl/N-ethyl adjacent to an activating group) is 1. The molecule has 6 amide bonds. The van der Waals surface area contributed by atoms with Crippen molar-refractivity contribution in [2.75, 3.05) is 91.5 Å². The van der Waals surface area contributed by atoms with E-state index in [-0.39, 0.29) is 79.1 Å². The summed E-state index contributed by atoms with van der Waals surface area (Å²) in [4.78, 5) is 96.2. The number of aromatic nitrogens is 8. The molecule has 3 N–H and O–H groups in total. The summed E-state index contributed by atoms with van der Waals surface area (Å²) in [6.45, 7) is 10.5. The van der Waals surface area contributed by atoms with Gasteiger partial charge in [0.15, 0.2) is 5.69 Å². The zero-order valence-corrected chi connectivity index (χ0v) is 51.8. The van der Waals surface area contributed by atoms with Crippen LogP contribution < -0.4 is 10.6 Å². The first-order valence-corrected chi connectivity index (χ1v) is 31.6. The molecule has 4 aliphatic heterocycles. The molecule has 7 aliphatic rings. The first kappa shape index (κ1) is 62.1. The first-order chi connectivity index (χ1) is 43.2. The summed E-state index contributed by atoms with van der Waals surface area (Å²) in [5.41, 5.74) is 4.30. The fraction of sp³-hybridized carbons (Fsp3) is 0.578. The fourth-order valence-electron chi connectivity index (χ4n) is 15.1. The van der Waals surface area contributed by atoms with Crippen LogP contribution in [0.2, 0.25) is 0 Å². The molecule has 2 saturated carbocycles. The van der Waals surface area contributed by atoms with Gasteiger partial charge in [-0.2, -0.15) is 20.4 Å². The van der Waals surface area contributed by atoms with Crippen LogP contribution >= 0.6 is 0 Å². The number of alkyl halides is 2. The molecule has 3 aliphatic carbocycles. The number of amides is 6. The topological polar surface area (TPSA) is 251 Å². The number of nitrogens with one attached hydrogen (secondary N) is 3. The number of carbonyl (C=O) groups excluding carboxylic acids is 7. The van der Waals surface area contributed by atoms with Crippen molar-refractivity contribution >= 4 is 69.4 Å². The molecule has 0 radical (unpaired) electrons. The minimum Gasteiger partial charge on any atom is -0.468 e. The third kappa shape index (κ3) is 12.1. The van der Waals surface area contributed by atoms with Crippen LogP contribution in [-0.2, 0) is 59.9 Å². The van der Waals surface area contributed by atoms with Gasteiger partial charge in [-0.25, -0.2) is 13.2 Å². The van der Waals surface area contributed by atoms with Crippen molar-refractivity contribution in [3.05, 3.63) is 77.4 Å². The van der Waals surface area contributed by atoms with Gasteiger partial charge in [-0.3, -0.25) is 52.7 Å². The number of rotatable bonds is 17. The molecule has 13 rings (SSSR count). The van der Waals surface area contributed by atoms with Crippen LogP contribution in [-0.4, -0.2) is 198 Å². The van der Waals surface area contributed by atoms with Gasteiger partial charge in [-0.1, -0.05) is 26.0 Å². The normalized spacial score (nSPS) is 22.2. The lowest BCUT2D eigenvalue weighted by atomic mass is 9.57. The predicted octanol–water partition coefficient (Wildman–Crippen LogP) is 5.96. The molecule has 8 heterocycles. The predicted molar refractivity (Wildman–Crippen MR) is 325 cm³/mol. The number of nitrogens with zero attached hydrogens (tertiary/aromatic N) is 12. The van der Waals surface area contributed by atoms with Gasteiger partial charge >= 0.3 is 5.97 Å². The molecular weight excluding hydrogens is 1160 g/mol. The van der Waals surface area contributed by atoms with Crippen LogP contribution in [0.1, 0.15) is 117 Å². The van der Waals surface area contributed by atoms with Crippen LogP contribution in [0.15, 0.2) is 48.9 Å². The monoisotopic (exact) mass is 1240 g/mol. The van der Waals surface area contributed by atoms with Crippen molar-refractivity contribution < 1.29 is 51.5 Å². The van der Waals surface area contributed by atoms with Crippen molar-refractivity contribution in [3.8, 4) is 11.1 Å². The largest absolute Gasteiger partial charge is 0.468 e. The number of halogens is 3. The summed E-state index contributed by atoms with van der Waals surface area (Å²) in [5.74, 6) is -4.37. The number of H-pyrrole nitrogens is 1. The van der Waals surface area contributed by atoms with E-state index < -0.39 is 35.0 Å². The number of methoxy groups -OCH3 is 1. The van der Waals surface area contributed by atoms with Gasteiger partial charge in [0.1, 0.15) is 18.9 Å². The van der Waals surface area contributed by atoms with E-state index in [4.69, 9.17) is 5.10 Å². The lowest BCUT2D eigenvalue weighted by Gasteiger charge is -2.57. The molecule has 1 spiro atoms. The minimum atomic E-state index is -2.71. The van der Waals surface area contributed by atoms with Crippen molar-refractivity contribution in [3.63, 3.8) is 0 Å². The van der Waals surface area contributed by atoms with E-state index in [0.29, 0.717) is 83.4 Å². The summed E-state index contributed by atoms with van der Waals surface area (Å²) >= 11 is 0. The smallest absolute Gasteiger partial charge is 0.325 e. The lowest BCUT2D eigenvalue weighted by molar-refractivity contribution is -0.141. The van der Waals surface area contributed by atoms with Crippen LogP contribution in [0.5, 0.6) is 0 Å². The highest BCUT2D eigenvalue weighted by Crippen LogP contribution is 2.70. The Morgan fingerprint density at radius 1 is 0.911 bits per heavy atom. The van der Waals surface area contributed by atoms with Gasteiger partial charge in [0, 0.05) is 135 Å². The van der Waals surface area contributed by atoms with Gasteiger partial charge < -0.3 is 39.9 Å². The number of likely N-dealkylation sites (tertiary alicyclic amines) is 4. The molecule has 480 valence electrons. The Morgan fingerprint density at radius 2 is 1.64 bits per heavy atom. The Kier molecular flexibility index (Phi) is 17.2. The first-order valence-electron chi connectivity index (χ1n) is 31.6. The highest BCUT2D eigenvalue weighted by molar-refractivity contribution is 6.04. The Balaban J connectivity index is 0.000000175. The second kappa shape index (κ2) is 24.9. The molecule has 2 unspecified atom stereocenters. The Morgan fingerprint density at radius 3 is 2.36 bits per heavy atom. The van der Waals surface area contributed by atoms with E-state index in [0.717, 1.165) is 114 Å². The average Bonchev–Trinajstić information content (AvgIpc) is 1.50. The highest BCUT2D eigenvalue weighted by atomic mass is 19.3. The van der Waals surface area contributed by atoms with Crippen molar-refractivity contribution in [2.45, 2.75) is 115 Å². The van der Waals surface area contributed by atoms with Crippen LogP contribution in [0, 0.1) is 34.4 Å². The number of hydrogen-bond donors (Lipinski definition) is 3. The fourth-order valence-corrected chi connectivity index (χ4v) is 15.1. The number of hydrogen-bond acceptors (Lipinski definition) is 13. The molecule has 4 aromatic heterocycles. The Bertz CT molecular complexity index is 3730. The third-order valence-electron chi connectivity index (χ3n) is 20.5. The van der Waals surface area contributed by atoms with Crippen molar-refractivity contribution in [1.29, 1.82) is 0 Å². The number of piperidine rings is 3. The van der Waals surface area contributed by atoms with E-state index >= 15 is 4.39 Å². The molecule has 23 nitrogen and oxygen atoms in total. The number of esters is 1. The molecule has 26 heteroatoms. The SMILES string of the molecule is CCCC(=O)N1CCC(CN2CCC(C(=O)N3CCC(n4cc(NC(=O)c5n[nH]c6c5CC5C(F)(F)C5(C)C6)cn4)CC3)CC2)CC1.COC(=O)CNC(=O)CN(C)C(=O)Cn1nc(C2CC3(C2)CN(C=O)C3)c2c(-c3cc4c(cnn4C)cc3F)cccc21. The zero-order valence-electron chi connectivity index (χ0n) is 51.8. The van der Waals surface area contributed by atoms with E-state index in [1.54, 1.807) is 52.9 Å². The van der Waals surface area contributed by atoms with E-state index in [1.807, 2.05) is 32.7 Å². The quantitative estimate of drug-likeness (QED) is 0.0706. The standard InChI is InChI=1S/C34H48F2N8O3.C30H32FN7O5/c1-3-4-29(45)42-13-5-22(6-14-42)20-41-11-7-23(8-12-41)32(47)43-15-9-25(10-16-43)44-21-24(19-37-44)38-31(46)30-26-17-28-33(2,34(28,35)36)18-27(26)39-40-30;1-35(13-25(40)32-12-27(42)43-3)26(41)14-38-23-6-4-5-20(21-8-24-18(7-22(21)31)11-33-36(24)2)28(23)29(34-38)19-9-30(10-19)15-37(16-30)17-39/h19,21-23,25,28H,3-18,20H2,1-2H3,(H,38,46)(H,39,40);4-8,11,17,19H,9-10,12-16H2,1-3H3,(H,32,40). The van der Waals surface area contributed by atoms with Crippen molar-refractivity contribution in [1.82, 2.24) is 69.4 Å². The summed E-state index contributed by atoms with van der Waals surface area (Å²) in [6.07, 6.45) is 15.0. The third-order valence-corrected chi connectivity index (χ3v) is 20.5. The molecular formula is C64H80F3N15O8. The summed E-state index contributed by atoms with van der Waals surface area (Å²) in [7, 11) is 4.53. The summed E-state index contributed by atoms with van der Waals surface area (Å²) in [5, 5.41) is 27.4. The summed E-state index contributed by atoms with van der Waals surface area (Å²) < 4.78 is 53.9. The Labute approximate surface area is 519 Å². The number of anilines is 1. The van der Waals surface area contributed by atoms with Gasteiger partial charge in [0.05, 0.1) is 54.5 Å². The van der Waals surface area contributed by atoms with Gasteiger partial charge in [-0.05, 0) is 107 Å². The van der Waals surface area contributed by atoms with Gasteiger partial charge in [-0.15, -0.1) is 0 Å². The van der Waals surface area contributed by atoms with E-state index in [1.165, 1.54) is 25.1 Å². The van der Waals surface area contributed by atoms with Crippen LogP contribution in [0.4, 0.5) is 18.9 Å². The van der Waals surface area contributed by atoms with Crippen LogP contribution in [0.3, 0.4) is 0 Å². The number of ether oxygens (including phenoxy) is 1. The van der Waals surface area contributed by atoms with Crippen molar-refractivity contribution in [2.24, 2.45) is 35.6 Å². The van der Waals surface area contributed by atoms with E-state index in [2.05, 4.69) is 47.6 Å². The Hall–Kier alpha value is -8.16. The minimum absolute atomic E-state index is 0.0725. The summed E-state index contributed by atoms with van der Waals surface area (Å²) in [6, 6.07) is 8.93. The molecule has 0 bridgehead atoms. The maximum Gasteiger partial charge on any atom is 0.325 e. The lowest BCUT2D eigenvalue weighted by Crippen LogP contribution is -2.61.